The normalized spacial score (nSPS) is 17.3. The molecule has 0 unspecified atom stereocenters. The minimum Gasteiger partial charge on any atom is -0.389 e. The Morgan fingerprint density at radius 2 is 1.85 bits per heavy atom. The molecule has 1 aliphatic rings. The van der Waals surface area contributed by atoms with Crippen LogP contribution in [0.15, 0.2) is 18.2 Å². The molecule has 0 radical (unpaired) electrons. The third-order valence-electron chi connectivity index (χ3n) is 4.03. The topological polar surface area (TPSA) is 32.5 Å². The maximum Gasteiger partial charge on any atom is 0.103 e. The highest BCUT2D eigenvalue weighted by Crippen LogP contribution is 2.15. The van der Waals surface area contributed by atoms with Crippen LogP contribution in [0.5, 0.6) is 0 Å². The Morgan fingerprint density at radius 3 is 2.40 bits per heavy atom. The van der Waals surface area contributed by atoms with E-state index in [0.717, 1.165) is 25.2 Å². The largest absolute Gasteiger partial charge is 0.389 e. The highest BCUT2D eigenvalue weighted by molar-refractivity contribution is 7.80. The Labute approximate surface area is 127 Å². The fourth-order valence-electron chi connectivity index (χ4n) is 2.75. The number of piperazine rings is 1. The van der Waals surface area contributed by atoms with E-state index in [2.05, 4.69) is 35.8 Å². The van der Waals surface area contributed by atoms with E-state index in [-0.39, 0.29) is 0 Å². The number of nitrogens with two attached hydrogens (primary N) is 1. The first-order chi connectivity index (χ1) is 9.60. The van der Waals surface area contributed by atoms with Gasteiger partial charge in [-0.1, -0.05) is 31.3 Å². The number of nitrogens with zero attached hydrogens (tertiary/aromatic N) is 2. The van der Waals surface area contributed by atoms with Gasteiger partial charge in [-0.3, -0.25) is 4.90 Å². The van der Waals surface area contributed by atoms with Crippen molar-refractivity contribution in [2.24, 2.45) is 5.73 Å². The van der Waals surface area contributed by atoms with Crippen molar-refractivity contribution in [1.29, 1.82) is 0 Å². The zero-order valence-electron chi connectivity index (χ0n) is 12.6. The number of hydrogen-bond donors (Lipinski definition) is 1. The molecule has 1 heterocycles. The molecule has 1 saturated heterocycles. The highest BCUT2D eigenvalue weighted by Gasteiger charge is 2.16. The number of aryl methyl sites for hydroxylation is 1. The van der Waals surface area contributed by atoms with Crippen LogP contribution in [0.3, 0.4) is 0 Å². The van der Waals surface area contributed by atoms with Crippen molar-refractivity contribution in [3.05, 3.63) is 34.9 Å². The summed E-state index contributed by atoms with van der Waals surface area (Å²) >= 11 is 5.03. The Hall–Kier alpha value is -0.970. The first-order valence-electron chi connectivity index (χ1n) is 7.44. The molecule has 1 aliphatic heterocycles. The second-order valence-electron chi connectivity index (χ2n) is 5.62. The minimum atomic E-state index is 0.479. The van der Waals surface area contributed by atoms with E-state index >= 15 is 0 Å². The van der Waals surface area contributed by atoms with Gasteiger partial charge in [0.15, 0.2) is 0 Å². The molecular weight excluding hydrogens is 266 g/mol. The van der Waals surface area contributed by atoms with Gasteiger partial charge in [-0.15, -0.1) is 0 Å². The van der Waals surface area contributed by atoms with Crippen molar-refractivity contribution >= 4 is 17.2 Å². The van der Waals surface area contributed by atoms with Gasteiger partial charge in [-0.25, -0.2) is 0 Å². The van der Waals surface area contributed by atoms with E-state index in [0.29, 0.717) is 4.99 Å². The second kappa shape index (κ2) is 7.16. The van der Waals surface area contributed by atoms with Gasteiger partial charge in [0, 0.05) is 38.3 Å². The molecule has 20 heavy (non-hydrogen) atoms. The van der Waals surface area contributed by atoms with Gasteiger partial charge in [0.1, 0.15) is 4.99 Å². The predicted molar refractivity (Wildman–Crippen MR) is 89.1 cm³/mol. The van der Waals surface area contributed by atoms with Gasteiger partial charge < -0.3 is 10.6 Å². The molecule has 1 aromatic carbocycles. The Morgan fingerprint density at radius 1 is 1.20 bits per heavy atom. The average molecular weight is 291 g/mol. The van der Waals surface area contributed by atoms with Crippen molar-refractivity contribution in [3.63, 3.8) is 0 Å². The van der Waals surface area contributed by atoms with Crippen LogP contribution in [-0.4, -0.2) is 47.5 Å². The monoisotopic (exact) mass is 291 g/mol. The van der Waals surface area contributed by atoms with Crippen molar-refractivity contribution in [2.75, 3.05) is 32.7 Å². The van der Waals surface area contributed by atoms with Crippen molar-refractivity contribution in [3.8, 4) is 0 Å². The van der Waals surface area contributed by atoms with Gasteiger partial charge in [-0.2, -0.15) is 0 Å². The number of rotatable bonds is 5. The summed E-state index contributed by atoms with van der Waals surface area (Å²) in [5.74, 6) is 0. The Balaban J connectivity index is 1.93. The summed E-state index contributed by atoms with van der Waals surface area (Å²) in [5.41, 5.74) is 9.31. The summed E-state index contributed by atoms with van der Waals surface area (Å²) in [6.07, 6.45) is 1.25. The molecule has 110 valence electrons. The molecule has 4 heteroatoms. The zero-order chi connectivity index (χ0) is 14.5. The number of hydrogen-bond acceptors (Lipinski definition) is 3. The molecule has 3 nitrogen and oxygen atoms in total. The minimum absolute atomic E-state index is 0.479. The molecule has 1 fully saturated rings. The third-order valence-corrected chi connectivity index (χ3v) is 4.26. The lowest BCUT2D eigenvalue weighted by molar-refractivity contribution is 0.127. The zero-order valence-corrected chi connectivity index (χ0v) is 13.4. The molecule has 1 aromatic rings. The lowest BCUT2D eigenvalue weighted by Gasteiger charge is -2.34. The summed E-state index contributed by atoms with van der Waals surface area (Å²) in [6, 6.07) is 6.31. The lowest BCUT2D eigenvalue weighted by Crippen LogP contribution is -2.46. The van der Waals surface area contributed by atoms with Crippen molar-refractivity contribution in [1.82, 2.24) is 9.80 Å². The van der Waals surface area contributed by atoms with Crippen LogP contribution in [-0.2, 0) is 6.54 Å². The van der Waals surface area contributed by atoms with Crippen LogP contribution in [0.2, 0.25) is 0 Å². The SMILES string of the molecule is CCCN1CCN(Cc2ccc(C(N)=S)cc2C)CC1. The first-order valence-corrected chi connectivity index (χ1v) is 7.85. The van der Waals surface area contributed by atoms with Gasteiger partial charge in [-0.05, 0) is 37.1 Å². The van der Waals surface area contributed by atoms with E-state index in [1.165, 1.54) is 37.2 Å². The third kappa shape index (κ3) is 4.01. The molecule has 0 saturated carbocycles. The first kappa shape index (κ1) is 15.4. The molecular formula is C16H25N3S. The highest BCUT2D eigenvalue weighted by atomic mass is 32.1. The molecule has 0 bridgehead atoms. The fourth-order valence-corrected chi connectivity index (χ4v) is 2.88. The van der Waals surface area contributed by atoms with E-state index in [4.69, 9.17) is 18.0 Å². The van der Waals surface area contributed by atoms with Crippen LogP contribution in [0.25, 0.3) is 0 Å². The number of thiocarbonyl (C=S) groups is 1. The second-order valence-corrected chi connectivity index (χ2v) is 6.06. The molecule has 0 amide bonds. The maximum atomic E-state index is 5.68. The van der Waals surface area contributed by atoms with E-state index < -0.39 is 0 Å². The molecule has 0 aliphatic carbocycles. The summed E-state index contributed by atoms with van der Waals surface area (Å²) < 4.78 is 0. The standard InChI is InChI=1S/C16H25N3S/c1-3-6-18-7-9-19(10-8-18)12-15-5-4-14(16(17)20)11-13(15)2/h4-5,11H,3,6-10,12H2,1-2H3,(H2,17,20). The van der Waals surface area contributed by atoms with Crippen LogP contribution in [0, 0.1) is 6.92 Å². The number of benzene rings is 1. The van der Waals surface area contributed by atoms with Crippen LogP contribution in [0.4, 0.5) is 0 Å². The summed E-state index contributed by atoms with van der Waals surface area (Å²) in [6.45, 7) is 11.4. The van der Waals surface area contributed by atoms with Gasteiger partial charge >= 0.3 is 0 Å². The molecule has 2 rings (SSSR count). The summed E-state index contributed by atoms with van der Waals surface area (Å²) in [4.78, 5) is 5.57. The molecule has 0 atom stereocenters. The quantitative estimate of drug-likeness (QED) is 0.843. The Bertz CT molecular complexity index is 465. The molecule has 2 N–H and O–H groups in total. The molecule has 0 aromatic heterocycles. The molecule has 0 spiro atoms. The van der Waals surface area contributed by atoms with E-state index in [9.17, 15) is 0 Å². The summed E-state index contributed by atoms with van der Waals surface area (Å²) in [7, 11) is 0. The van der Waals surface area contributed by atoms with Gasteiger partial charge in [0.2, 0.25) is 0 Å². The Kier molecular flexibility index (Phi) is 5.52. The van der Waals surface area contributed by atoms with Gasteiger partial charge in [0.05, 0.1) is 0 Å². The van der Waals surface area contributed by atoms with Crippen LogP contribution < -0.4 is 5.73 Å². The predicted octanol–water partition coefficient (Wildman–Crippen LogP) is 2.16. The van der Waals surface area contributed by atoms with Crippen LogP contribution in [0.1, 0.15) is 30.0 Å². The van der Waals surface area contributed by atoms with Gasteiger partial charge in [0.25, 0.3) is 0 Å². The lowest BCUT2D eigenvalue weighted by atomic mass is 10.0. The summed E-state index contributed by atoms with van der Waals surface area (Å²) in [5, 5.41) is 0. The van der Waals surface area contributed by atoms with Crippen molar-refractivity contribution < 1.29 is 0 Å². The van der Waals surface area contributed by atoms with E-state index in [1.807, 2.05) is 6.07 Å². The maximum absolute atomic E-state index is 5.68. The van der Waals surface area contributed by atoms with Crippen molar-refractivity contribution in [2.45, 2.75) is 26.8 Å². The average Bonchev–Trinajstić information content (AvgIpc) is 2.43. The fraction of sp³-hybridized carbons (Fsp3) is 0.562. The smallest absolute Gasteiger partial charge is 0.103 e. The van der Waals surface area contributed by atoms with E-state index in [1.54, 1.807) is 0 Å². The van der Waals surface area contributed by atoms with Crippen LogP contribution >= 0.6 is 12.2 Å².